The van der Waals surface area contributed by atoms with Gasteiger partial charge < -0.3 is 9.53 Å². The molecule has 0 bridgehead atoms. The summed E-state index contributed by atoms with van der Waals surface area (Å²) in [6.07, 6.45) is 3.91. The van der Waals surface area contributed by atoms with E-state index in [4.69, 9.17) is 4.74 Å². The normalized spacial score (nSPS) is 19.6. The number of ether oxygens (including phenoxy) is 1. The topological polar surface area (TPSA) is 26.3 Å². The first-order valence-electron chi connectivity index (χ1n) is 5.65. The number of aryl methyl sites for hydroxylation is 1. The standard InChI is InChI=1S/C13H16O2S/c14-8-1-2-11-3-5-12(6-4-11)15-13-7-9-16-10-13/h3-6,8,13H,1-2,7,9-10H2. The monoisotopic (exact) mass is 236 g/mol. The van der Waals surface area contributed by atoms with Crippen molar-refractivity contribution >= 4 is 18.0 Å². The molecule has 1 aromatic carbocycles. The van der Waals surface area contributed by atoms with Gasteiger partial charge in [-0.1, -0.05) is 12.1 Å². The Morgan fingerprint density at radius 1 is 1.38 bits per heavy atom. The second-order valence-corrected chi connectivity index (χ2v) is 5.10. The Morgan fingerprint density at radius 2 is 2.19 bits per heavy atom. The molecule has 0 aliphatic carbocycles. The van der Waals surface area contributed by atoms with Gasteiger partial charge in [0, 0.05) is 12.2 Å². The quantitative estimate of drug-likeness (QED) is 0.735. The lowest BCUT2D eigenvalue weighted by Gasteiger charge is -2.12. The highest BCUT2D eigenvalue weighted by Gasteiger charge is 2.16. The molecule has 0 radical (unpaired) electrons. The molecule has 3 heteroatoms. The molecule has 1 unspecified atom stereocenters. The van der Waals surface area contributed by atoms with Crippen LogP contribution in [0.15, 0.2) is 24.3 Å². The molecule has 1 saturated heterocycles. The van der Waals surface area contributed by atoms with E-state index in [1.165, 1.54) is 11.3 Å². The molecular weight excluding hydrogens is 220 g/mol. The predicted molar refractivity (Wildman–Crippen MR) is 67.2 cm³/mol. The summed E-state index contributed by atoms with van der Waals surface area (Å²) in [7, 11) is 0. The molecule has 0 amide bonds. The van der Waals surface area contributed by atoms with E-state index in [2.05, 4.69) is 0 Å². The van der Waals surface area contributed by atoms with Crippen LogP contribution in [0.25, 0.3) is 0 Å². The molecule has 2 nitrogen and oxygen atoms in total. The minimum absolute atomic E-state index is 0.380. The van der Waals surface area contributed by atoms with Gasteiger partial charge in [0.05, 0.1) is 0 Å². The SMILES string of the molecule is O=CCCc1ccc(OC2CCSC2)cc1. The van der Waals surface area contributed by atoms with Gasteiger partial charge in [0.2, 0.25) is 0 Å². The minimum atomic E-state index is 0.380. The van der Waals surface area contributed by atoms with Crippen molar-refractivity contribution in [3.8, 4) is 5.75 Å². The van der Waals surface area contributed by atoms with Crippen LogP contribution >= 0.6 is 11.8 Å². The van der Waals surface area contributed by atoms with E-state index < -0.39 is 0 Å². The maximum absolute atomic E-state index is 10.2. The van der Waals surface area contributed by atoms with Crippen molar-refractivity contribution in [1.82, 2.24) is 0 Å². The van der Waals surface area contributed by atoms with Crippen LogP contribution in [-0.2, 0) is 11.2 Å². The van der Waals surface area contributed by atoms with Crippen LogP contribution in [0.1, 0.15) is 18.4 Å². The molecule has 0 saturated carbocycles. The van der Waals surface area contributed by atoms with Crippen molar-refractivity contribution in [2.24, 2.45) is 0 Å². The molecule has 1 aromatic rings. The summed E-state index contributed by atoms with van der Waals surface area (Å²) >= 11 is 1.95. The maximum Gasteiger partial charge on any atom is 0.120 e. The number of hydrogen-bond acceptors (Lipinski definition) is 3. The third kappa shape index (κ3) is 3.27. The molecule has 0 N–H and O–H groups in total. The van der Waals surface area contributed by atoms with Crippen LogP contribution in [0.3, 0.4) is 0 Å². The van der Waals surface area contributed by atoms with Gasteiger partial charge in [-0.3, -0.25) is 0 Å². The van der Waals surface area contributed by atoms with Gasteiger partial charge in [0.25, 0.3) is 0 Å². The smallest absolute Gasteiger partial charge is 0.120 e. The van der Waals surface area contributed by atoms with E-state index in [0.717, 1.165) is 30.6 Å². The molecule has 1 fully saturated rings. The first kappa shape index (κ1) is 11.5. The Bertz CT molecular complexity index is 328. The highest BCUT2D eigenvalue weighted by molar-refractivity contribution is 7.99. The molecule has 1 heterocycles. The van der Waals surface area contributed by atoms with Gasteiger partial charge in [0.15, 0.2) is 0 Å². The van der Waals surface area contributed by atoms with E-state index in [1.54, 1.807) is 0 Å². The van der Waals surface area contributed by atoms with Crippen LogP contribution in [0.2, 0.25) is 0 Å². The van der Waals surface area contributed by atoms with Crippen molar-refractivity contribution in [3.63, 3.8) is 0 Å². The number of carbonyl (C=O) groups is 1. The summed E-state index contributed by atoms with van der Waals surface area (Å²) in [5, 5.41) is 0. The van der Waals surface area contributed by atoms with Crippen molar-refractivity contribution in [2.45, 2.75) is 25.4 Å². The molecule has 2 rings (SSSR count). The van der Waals surface area contributed by atoms with Crippen molar-refractivity contribution in [2.75, 3.05) is 11.5 Å². The zero-order valence-electron chi connectivity index (χ0n) is 9.22. The fourth-order valence-electron chi connectivity index (χ4n) is 1.76. The van der Waals surface area contributed by atoms with Crippen LogP contribution < -0.4 is 4.74 Å². The second-order valence-electron chi connectivity index (χ2n) is 3.95. The molecule has 0 spiro atoms. The summed E-state index contributed by atoms with van der Waals surface area (Å²) in [6, 6.07) is 8.09. The lowest BCUT2D eigenvalue weighted by Crippen LogP contribution is -2.14. The third-order valence-corrected chi connectivity index (χ3v) is 3.80. The fourth-order valence-corrected chi connectivity index (χ4v) is 2.85. The molecule has 16 heavy (non-hydrogen) atoms. The summed E-state index contributed by atoms with van der Waals surface area (Å²) < 4.78 is 5.84. The lowest BCUT2D eigenvalue weighted by molar-refractivity contribution is -0.107. The fraction of sp³-hybridized carbons (Fsp3) is 0.462. The molecule has 86 valence electrons. The Balaban J connectivity index is 1.88. The molecule has 1 aliphatic heterocycles. The predicted octanol–water partition coefficient (Wildman–Crippen LogP) is 2.70. The molecule has 1 atom stereocenters. The van der Waals surface area contributed by atoms with Crippen molar-refractivity contribution in [1.29, 1.82) is 0 Å². The van der Waals surface area contributed by atoms with Crippen LogP contribution in [0.4, 0.5) is 0 Å². The average molecular weight is 236 g/mol. The highest BCUT2D eigenvalue weighted by Crippen LogP contribution is 2.23. The summed E-state index contributed by atoms with van der Waals surface area (Å²) in [6.45, 7) is 0. The Hall–Kier alpha value is -0.960. The summed E-state index contributed by atoms with van der Waals surface area (Å²) in [4.78, 5) is 10.2. The molecule has 0 aromatic heterocycles. The average Bonchev–Trinajstić information content (AvgIpc) is 2.81. The van der Waals surface area contributed by atoms with Crippen LogP contribution in [0, 0.1) is 0 Å². The third-order valence-electron chi connectivity index (χ3n) is 2.66. The second kappa shape index (κ2) is 5.94. The van der Waals surface area contributed by atoms with Gasteiger partial charge in [-0.2, -0.15) is 11.8 Å². The van der Waals surface area contributed by atoms with E-state index in [0.29, 0.717) is 12.5 Å². The lowest BCUT2D eigenvalue weighted by atomic mass is 10.1. The number of hydrogen-bond donors (Lipinski definition) is 0. The molecular formula is C13H16O2S. The first-order chi connectivity index (χ1) is 7.88. The number of aldehydes is 1. The van der Waals surface area contributed by atoms with E-state index in [9.17, 15) is 4.79 Å². The first-order valence-corrected chi connectivity index (χ1v) is 6.81. The van der Waals surface area contributed by atoms with Crippen molar-refractivity contribution < 1.29 is 9.53 Å². The number of benzene rings is 1. The maximum atomic E-state index is 10.2. The van der Waals surface area contributed by atoms with Gasteiger partial charge >= 0.3 is 0 Å². The Labute approximate surface area is 100 Å². The zero-order valence-corrected chi connectivity index (χ0v) is 10.0. The van der Waals surface area contributed by atoms with E-state index >= 15 is 0 Å². The van der Waals surface area contributed by atoms with E-state index in [1.807, 2.05) is 36.0 Å². The molecule has 1 aliphatic rings. The minimum Gasteiger partial charge on any atom is -0.490 e. The number of rotatable bonds is 5. The number of carbonyl (C=O) groups excluding carboxylic acids is 1. The van der Waals surface area contributed by atoms with Crippen LogP contribution in [-0.4, -0.2) is 23.9 Å². The van der Waals surface area contributed by atoms with Gasteiger partial charge in [-0.05, 0) is 36.3 Å². The zero-order chi connectivity index (χ0) is 11.2. The summed E-state index contributed by atoms with van der Waals surface area (Å²) in [5.74, 6) is 3.26. The van der Waals surface area contributed by atoms with Crippen molar-refractivity contribution in [3.05, 3.63) is 29.8 Å². The highest BCUT2D eigenvalue weighted by atomic mass is 32.2. The Morgan fingerprint density at radius 3 is 2.81 bits per heavy atom. The van der Waals surface area contributed by atoms with Gasteiger partial charge in [0.1, 0.15) is 18.1 Å². The van der Waals surface area contributed by atoms with Crippen LogP contribution in [0.5, 0.6) is 5.75 Å². The Kier molecular flexibility index (Phi) is 4.28. The van der Waals surface area contributed by atoms with Gasteiger partial charge in [-0.15, -0.1) is 0 Å². The van der Waals surface area contributed by atoms with Gasteiger partial charge in [-0.25, -0.2) is 0 Å². The van der Waals surface area contributed by atoms with E-state index in [-0.39, 0.29) is 0 Å². The summed E-state index contributed by atoms with van der Waals surface area (Å²) in [5.41, 5.74) is 1.19. The largest absolute Gasteiger partial charge is 0.490 e. The number of thioether (sulfide) groups is 1.